The zero-order valence-electron chi connectivity index (χ0n) is 15.6. The molecule has 2 aromatic rings. The fraction of sp³-hybridized carbons (Fsp3) is 0.391. The van der Waals surface area contributed by atoms with Crippen molar-refractivity contribution in [1.82, 2.24) is 4.90 Å². The molecule has 4 nitrogen and oxygen atoms in total. The van der Waals surface area contributed by atoms with Crippen molar-refractivity contribution in [2.24, 2.45) is 5.92 Å². The van der Waals surface area contributed by atoms with E-state index in [4.69, 9.17) is 0 Å². The predicted molar refractivity (Wildman–Crippen MR) is 107 cm³/mol. The highest BCUT2D eigenvalue weighted by Crippen LogP contribution is 2.27. The summed E-state index contributed by atoms with van der Waals surface area (Å²) in [6.07, 6.45) is 4.90. The zero-order valence-corrected chi connectivity index (χ0v) is 15.6. The third kappa shape index (κ3) is 4.05. The van der Waals surface area contributed by atoms with Crippen LogP contribution in [-0.4, -0.2) is 36.3 Å². The highest BCUT2D eigenvalue weighted by atomic mass is 16.2. The first kappa shape index (κ1) is 17.8. The molecule has 2 aliphatic heterocycles. The molecule has 1 unspecified atom stereocenters. The van der Waals surface area contributed by atoms with Crippen molar-refractivity contribution >= 4 is 17.5 Å². The molecule has 2 amide bonds. The summed E-state index contributed by atoms with van der Waals surface area (Å²) in [5.74, 6) is 0.664. The van der Waals surface area contributed by atoms with E-state index in [0.29, 0.717) is 12.3 Å². The molecule has 2 aromatic carbocycles. The maximum absolute atomic E-state index is 12.6. The van der Waals surface area contributed by atoms with Gasteiger partial charge in [0, 0.05) is 37.3 Å². The fourth-order valence-corrected chi connectivity index (χ4v) is 4.17. The summed E-state index contributed by atoms with van der Waals surface area (Å²) in [6, 6.07) is 17.9. The van der Waals surface area contributed by atoms with E-state index in [0.717, 1.165) is 50.1 Å². The van der Waals surface area contributed by atoms with Crippen LogP contribution in [0.1, 0.15) is 41.6 Å². The quantitative estimate of drug-likeness (QED) is 0.827. The van der Waals surface area contributed by atoms with Crippen molar-refractivity contribution in [2.45, 2.75) is 32.1 Å². The SMILES string of the molecule is O=C(c1ccc(CC2CC(=O)N(c3ccccc3)C2)cc1)N1CCCCC1. The second kappa shape index (κ2) is 7.95. The zero-order chi connectivity index (χ0) is 18.6. The summed E-state index contributed by atoms with van der Waals surface area (Å²) in [6.45, 7) is 2.51. The summed E-state index contributed by atoms with van der Waals surface area (Å²) >= 11 is 0. The summed E-state index contributed by atoms with van der Waals surface area (Å²) in [5.41, 5.74) is 2.94. The van der Waals surface area contributed by atoms with Gasteiger partial charge in [0.05, 0.1) is 0 Å². The molecule has 0 N–H and O–H groups in total. The third-order valence-corrected chi connectivity index (χ3v) is 5.64. The molecular formula is C23H26N2O2. The van der Waals surface area contributed by atoms with Crippen LogP contribution in [0.25, 0.3) is 0 Å². The number of para-hydroxylation sites is 1. The Hall–Kier alpha value is -2.62. The van der Waals surface area contributed by atoms with E-state index in [9.17, 15) is 9.59 Å². The second-order valence-corrected chi connectivity index (χ2v) is 7.66. The van der Waals surface area contributed by atoms with Crippen LogP contribution in [0, 0.1) is 5.92 Å². The first-order valence-corrected chi connectivity index (χ1v) is 9.94. The Morgan fingerprint density at radius 2 is 1.63 bits per heavy atom. The number of nitrogens with zero attached hydrogens (tertiary/aromatic N) is 2. The smallest absolute Gasteiger partial charge is 0.253 e. The third-order valence-electron chi connectivity index (χ3n) is 5.64. The Kier molecular flexibility index (Phi) is 5.23. The standard InChI is InChI=1S/C23H26N2O2/c26-22-16-19(17-25(22)21-7-3-1-4-8-21)15-18-9-11-20(12-10-18)23(27)24-13-5-2-6-14-24/h1,3-4,7-12,19H,2,5-6,13-17H2. The maximum Gasteiger partial charge on any atom is 0.253 e. The van der Waals surface area contributed by atoms with Crippen LogP contribution in [-0.2, 0) is 11.2 Å². The molecule has 0 spiro atoms. The van der Waals surface area contributed by atoms with Crippen LogP contribution in [0.5, 0.6) is 0 Å². The van der Waals surface area contributed by atoms with Crippen LogP contribution in [0.15, 0.2) is 54.6 Å². The van der Waals surface area contributed by atoms with Crippen molar-refractivity contribution in [3.63, 3.8) is 0 Å². The fourth-order valence-electron chi connectivity index (χ4n) is 4.17. The Morgan fingerprint density at radius 3 is 2.33 bits per heavy atom. The number of carbonyl (C=O) groups is 2. The van der Waals surface area contributed by atoms with Gasteiger partial charge in [-0.2, -0.15) is 0 Å². The van der Waals surface area contributed by atoms with E-state index in [1.54, 1.807) is 0 Å². The number of amides is 2. The number of benzene rings is 2. The average molecular weight is 362 g/mol. The van der Waals surface area contributed by atoms with Crippen molar-refractivity contribution < 1.29 is 9.59 Å². The molecule has 0 aliphatic carbocycles. The first-order valence-electron chi connectivity index (χ1n) is 9.94. The van der Waals surface area contributed by atoms with Gasteiger partial charge in [0.2, 0.25) is 5.91 Å². The number of hydrogen-bond donors (Lipinski definition) is 0. The normalized spacial score (nSPS) is 20.1. The van der Waals surface area contributed by atoms with Crippen LogP contribution in [0.2, 0.25) is 0 Å². The molecule has 1 atom stereocenters. The summed E-state index contributed by atoms with van der Waals surface area (Å²) in [7, 11) is 0. The Labute approximate surface area is 160 Å². The van der Waals surface area contributed by atoms with E-state index in [-0.39, 0.29) is 11.8 Å². The molecule has 0 radical (unpaired) electrons. The van der Waals surface area contributed by atoms with Crippen LogP contribution >= 0.6 is 0 Å². The van der Waals surface area contributed by atoms with Gasteiger partial charge in [-0.05, 0) is 61.4 Å². The monoisotopic (exact) mass is 362 g/mol. The lowest BCUT2D eigenvalue weighted by atomic mass is 9.97. The van der Waals surface area contributed by atoms with Crippen molar-refractivity contribution in [2.75, 3.05) is 24.5 Å². The lowest BCUT2D eigenvalue weighted by Gasteiger charge is -2.26. The Bertz CT molecular complexity index is 795. The van der Waals surface area contributed by atoms with Crippen LogP contribution < -0.4 is 4.90 Å². The Morgan fingerprint density at radius 1 is 0.926 bits per heavy atom. The number of anilines is 1. The molecule has 4 heteroatoms. The summed E-state index contributed by atoms with van der Waals surface area (Å²) in [5, 5.41) is 0. The van der Waals surface area contributed by atoms with E-state index >= 15 is 0 Å². The van der Waals surface area contributed by atoms with Gasteiger partial charge >= 0.3 is 0 Å². The highest BCUT2D eigenvalue weighted by molar-refractivity contribution is 5.96. The number of carbonyl (C=O) groups excluding carboxylic acids is 2. The molecule has 27 heavy (non-hydrogen) atoms. The Balaban J connectivity index is 1.37. The number of likely N-dealkylation sites (tertiary alicyclic amines) is 1. The average Bonchev–Trinajstić information content (AvgIpc) is 3.09. The molecule has 2 fully saturated rings. The second-order valence-electron chi connectivity index (χ2n) is 7.66. The van der Waals surface area contributed by atoms with Crippen LogP contribution in [0.4, 0.5) is 5.69 Å². The lowest BCUT2D eigenvalue weighted by Crippen LogP contribution is -2.35. The van der Waals surface area contributed by atoms with Crippen molar-refractivity contribution in [3.8, 4) is 0 Å². The van der Waals surface area contributed by atoms with Crippen molar-refractivity contribution in [1.29, 1.82) is 0 Å². The van der Waals surface area contributed by atoms with Gasteiger partial charge in [0.25, 0.3) is 5.91 Å². The highest BCUT2D eigenvalue weighted by Gasteiger charge is 2.30. The van der Waals surface area contributed by atoms with E-state index in [1.165, 1.54) is 12.0 Å². The number of rotatable bonds is 4. The largest absolute Gasteiger partial charge is 0.339 e. The van der Waals surface area contributed by atoms with E-state index in [1.807, 2.05) is 64.4 Å². The molecule has 0 saturated carbocycles. The maximum atomic E-state index is 12.6. The number of piperidine rings is 1. The molecule has 2 saturated heterocycles. The van der Waals surface area contributed by atoms with E-state index < -0.39 is 0 Å². The summed E-state index contributed by atoms with van der Waals surface area (Å²) in [4.78, 5) is 28.8. The molecular weight excluding hydrogens is 336 g/mol. The minimum atomic E-state index is 0.146. The van der Waals surface area contributed by atoms with Crippen molar-refractivity contribution in [3.05, 3.63) is 65.7 Å². The number of hydrogen-bond acceptors (Lipinski definition) is 2. The van der Waals surface area contributed by atoms with Gasteiger partial charge in [0.15, 0.2) is 0 Å². The topological polar surface area (TPSA) is 40.6 Å². The lowest BCUT2D eigenvalue weighted by molar-refractivity contribution is -0.117. The van der Waals surface area contributed by atoms with Gasteiger partial charge < -0.3 is 9.80 Å². The molecule has 0 aromatic heterocycles. The molecule has 2 aliphatic rings. The molecule has 4 rings (SSSR count). The van der Waals surface area contributed by atoms with Crippen LogP contribution in [0.3, 0.4) is 0 Å². The first-order chi connectivity index (χ1) is 13.2. The van der Waals surface area contributed by atoms with Gasteiger partial charge in [0.1, 0.15) is 0 Å². The minimum absolute atomic E-state index is 0.146. The molecule has 2 heterocycles. The minimum Gasteiger partial charge on any atom is -0.339 e. The predicted octanol–water partition coefficient (Wildman–Crippen LogP) is 3.91. The van der Waals surface area contributed by atoms with Gasteiger partial charge in [-0.25, -0.2) is 0 Å². The summed E-state index contributed by atoms with van der Waals surface area (Å²) < 4.78 is 0. The molecule has 140 valence electrons. The van der Waals surface area contributed by atoms with Gasteiger partial charge in [-0.3, -0.25) is 9.59 Å². The molecule has 0 bridgehead atoms. The van der Waals surface area contributed by atoms with Gasteiger partial charge in [-0.15, -0.1) is 0 Å². The van der Waals surface area contributed by atoms with Gasteiger partial charge in [-0.1, -0.05) is 30.3 Å². The van der Waals surface area contributed by atoms with E-state index in [2.05, 4.69) is 0 Å².